The van der Waals surface area contributed by atoms with Gasteiger partial charge in [-0.2, -0.15) is 0 Å². The summed E-state index contributed by atoms with van der Waals surface area (Å²) in [6.07, 6.45) is 1.50. The fraction of sp³-hybridized carbons (Fsp3) is 0.150. The molecule has 0 aromatic heterocycles. The lowest BCUT2D eigenvalue weighted by atomic mass is 10.1. The zero-order chi connectivity index (χ0) is 19.4. The molecule has 3 rings (SSSR count). The average Bonchev–Trinajstić information content (AvgIpc) is 2.67. The Hall–Kier alpha value is -3.19. The quantitative estimate of drug-likeness (QED) is 0.489. The summed E-state index contributed by atoms with van der Waals surface area (Å²) in [4.78, 5) is 26.7. The van der Waals surface area contributed by atoms with Gasteiger partial charge in [0.2, 0.25) is 0 Å². The van der Waals surface area contributed by atoms with Gasteiger partial charge in [-0.1, -0.05) is 18.2 Å². The average molecular weight is 382 g/mol. The van der Waals surface area contributed by atoms with Crippen molar-refractivity contribution < 1.29 is 19.1 Å². The maximum absolute atomic E-state index is 13.0. The number of methoxy groups -OCH3 is 1. The predicted molar refractivity (Wildman–Crippen MR) is 107 cm³/mol. The smallest absolute Gasteiger partial charge is 0.270 e. The second kappa shape index (κ2) is 8.01. The zero-order valence-electron chi connectivity index (χ0n) is 14.9. The van der Waals surface area contributed by atoms with Crippen LogP contribution in [0.25, 0.3) is 6.08 Å². The number of hydrogen-bond donors (Lipinski definition) is 1. The van der Waals surface area contributed by atoms with Crippen LogP contribution in [0.15, 0.2) is 54.1 Å². The molecular formula is C20H18N2O4S. The number of thiocarbonyl (C=S) groups is 1. The van der Waals surface area contributed by atoms with Crippen molar-refractivity contribution in [2.45, 2.75) is 6.92 Å². The molecule has 1 saturated heterocycles. The van der Waals surface area contributed by atoms with E-state index in [1.54, 1.807) is 49.6 Å². The van der Waals surface area contributed by atoms with Gasteiger partial charge in [0, 0.05) is 11.6 Å². The highest BCUT2D eigenvalue weighted by Crippen LogP contribution is 2.28. The molecule has 1 N–H and O–H groups in total. The first-order valence-corrected chi connectivity index (χ1v) is 8.73. The summed E-state index contributed by atoms with van der Waals surface area (Å²) in [5, 5.41) is 2.62. The minimum absolute atomic E-state index is 0.0291. The molecule has 0 radical (unpaired) electrons. The van der Waals surface area contributed by atoms with E-state index in [0.29, 0.717) is 29.4 Å². The minimum atomic E-state index is -0.546. The van der Waals surface area contributed by atoms with Gasteiger partial charge in [0.15, 0.2) is 5.11 Å². The highest BCUT2D eigenvalue weighted by Gasteiger charge is 2.34. The Balaban J connectivity index is 2.03. The van der Waals surface area contributed by atoms with Crippen molar-refractivity contribution in [1.82, 2.24) is 5.32 Å². The normalized spacial score (nSPS) is 15.7. The van der Waals surface area contributed by atoms with Crippen molar-refractivity contribution in [3.63, 3.8) is 0 Å². The van der Waals surface area contributed by atoms with Crippen molar-refractivity contribution in [2.24, 2.45) is 0 Å². The summed E-state index contributed by atoms with van der Waals surface area (Å²) in [7, 11) is 1.56. The molecule has 1 aliphatic heterocycles. The number of ether oxygens (including phenoxy) is 2. The van der Waals surface area contributed by atoms with Crippen LogP contribution in [0.4, 0.5) is 5.69 Å². The van der Waals surface area contributed by atoms with Gasteiger partial charge >= 0.3 is 0 Å². The number of rotatable bonds is 5. The topological polar surface area (TPSA) is 67.9 Å². The number of carbonyl (C=O) groups excluding carboxylic acids is 2. The van der Waals surface area contributed by atoms with Gasteiger partial charge < -0.3 is 9.47 Å². The molecule has 0 bridgehead atoms. The number of nitrogens with zero attached hydrogens (tertiary/aromatic N) is 1. The maximum atomic E-state index is 13.0. The summed E-state index contributed by atoms with van der Waals surface area (Å²) in [5.74, 6) is 0.0973. The number of carbonyl (C=O) groups is 2. The lowest BCUT2D eigenvalue weighted by Crippen LogP contribution is -2.54. The molecule has 27 heavy (non-hydrogen) atoms. The largest absolute Gasteiger partial charge is 0.497 e. The number of para-hydroxylation sites is 1. The van der Waals surface area contributed by atoms with Crippen molar-refractivity contribution in [3.8, 4) is 11.5 Å². The van der Waals surface area contributed by atoms with Crippen LogP contribution in [0.1, 0.15) is 12.5 Å². The van der Waals surface area contributed by atoms with E-state index in [1.807, 2.05) is 13.0 Å². The highest BCUT2D eigenvalue weighted by molar-refractivity contribution is 7.80. The van der Waals surface area contributed by atoms with Gasteiger partial charge in [0.1, 0.15) is 17.1 Å². The molecule has 1 aliphatic rings. The number of hydrogen-bond acceptors (Lipinski definition) is 5. The van der Waals surface area contributed by atoms with Crippen LogP contribution in [0.3, 0.4) is 0 Å². The van der Waals surface area contributed by atoms with Crippen LogP contribution in [0.5, 0.6) is 11.5 Å². The summed E-state index contributed by atoms with van der Waals surface area (Å²) in [6, 6.07) is 14.1. The molecule has 138 valence electrons. The number of nitrogens with one attached hydrogen (secondary N) is 1. The van der Waals surface area contributed by atoms with Crippen LogP contribution in [0.2, 0.25) is 0 Å². The molecule has 1 heterocycles. The fourth-order valence-electron chi connectivity index (χ4n) is 2.67. The molecule has 0 atom stereocenters. The van der Waals surface area contributed by atoms with Crippen molar-refractivity contribution in [1.29, 1.82) is 0 Å². The van der Waals surface area contributed by atoms with Crippen molar-refractivity contribution >= 4 is 40.9 Å². The van der Waals surface area contributed by atoms with Gasteiger partial charge in [-0.25, -0.2) is 0 Å². The molecule has 0 spiro atoms. The molecule has 1 fully saturated rings. The van der Waals surface area contributed by atoms with Crippen LogP contribution in [0, 0.1) is 0 Å². The third kappa shape index (κ3) is 3.83. The Morgan fingerprint density at radius 2 is 1.89 bits per heavy atom. The van der Waals surface area contributed by atoms with Gasteiger partial charge in [-0.3, -0.25) is 19.8 Å². The third-order valence-corrected chi connectivity index (χ3v) is 4.22. The Kier molecular flexibility index (Phi) is 5.52. The maximum Gasteiger partial charge on any atom is 0.270 e. The standard InChI is InChI=1S/C20H18N2O4S/c1-3-26-17-12-15(25-2)10-9-13(17)11-16-18(23)21-20(27)22(19(16)24)14-7-5-4-6-8-14/h4-12H,3H2,1-2H3,(H,21,23,27)/b16-11-. The lowest BCUT2D eigenvalue weighted by Gasteiger charge is -2.29. The van der Waals surface area contributed by atoms with E-state index in [2.05, 4.69) is 5.32 Å². The minimum Gasteiger partial charge on any atom is -0.497 e. The van der Waals surface area contributed by atoms with Gasteiger partial charge in [0.25, 0.3) is 11.8 Å². The molecule has 6 nitrogen and oxygen atoms in total. The molecule has 7 heteroatoms. The number of amides is 2. The second-order valence-corrected chi connectivity index (χ2v) is 6.02. The third-order valence-electron chi connectivity index (χ3n) is 3.94. The summed E-state index contributed by atoms with van der Waals surface area (Å²) < 4.78 is 10.8. The first-order valence-electron chi connectivity index (χ1n) is 8.32. The first kappa shape index (κ1) is 18.6. The Morgan fingerprint density at radius 3 is 2.56 bits per heavy atom. The molecule has 0 aliphatic carbocycles. The second-order valence-electron chi connectivity index (χ2n) is 5.63. The van der Waals surface area contributed by atoms with E-state index < -0.39 is 11.8 Å². The molecule has 0 saturated carbocycles. The predicted octanol–water partition coefficient (Wildman–Crippen LogP) is 2.93. The molecule has 2 aromatic rings. The molecule has 2 amide bonds. The first-order chi connectivity index (χ1) is 13.0. The molecule has 2 aromatic carbocycles. The van der Waals surface area contributed by atoms with E-state index in [9.17, 15) is 9.59 Å². The van der Waals surface area contributed by atoms with E-state index >= 15 is 0 Å². The number of anilines is 1. The number of benzene rings is 2. The van der Waals surface area contributed by atoms with Crippen molar-refractivity contribution in [3.05, 3.63) is 59.7 Å². The van der Waals surface area contributed by atoms with Crippen molar-refractivity contribution in [2.75, 3.05) is 18.6 Å². The van der Waals surface area contributed by atoms with E-state index in [-0.39, 0.29) is 10.7 Å². The SMILES string of the molecule is CCOc1cc(OC)ccc1/C=C1/C(=O)NC(=S)N(c2ccccc2)C1=O. The monoisotopic (exact) mass is 382 g/mol. The van der Waals surface area contributed by atoms with Crippen LogP contribution >= 0.6 is 12.2 Å². The molecule has 0 unspecified atom stereocenters. The molecular weight excluding hydrogens is 364 g/mol. The van der Waals surface area contributed by atoms with Gasteiger partial charge in [-0.15, -0.1) is 0 Å². The van der Waals surface area contributed by atoms with E-state index in [1.165, 1.54) is 11.0 Å². The van der Waals surface area contributed by atoms with Crippen LogP contribution in [-0.4, -0.2) is 30.6 Å². The highest BCUT2D eigenvalue weighted by atomic mass is 32.1. The van der Waals surface area contributed by atoms with Crippen LogP contribution < -0.4 is 19.7 Å². The summed E-state index contributed by atoms with van der Waals surface area (Å²) >= 11 is 5.19. The Labute approximate surface area is 162 Å². The van der Waals surface area contributed by atoms with Gasteiger partial charge in [-0.05, 0) is 49.5 Å². The van der Waals surface area contributed by atoms with E-state index in [0.717, 1.165) is 0 Å². The van der Waals surface area contributed by atoms with Gasteiger partial charge in [0.05, 0.1) is 19.4 Å². The van der Waals surface area contributed by atoms with Crippen LogP contribution in [-0.2, 0) is 9.59 Å². The Morgan fingerprint density at radius 1 is 1.15 bits per heavy atom. The fourth-order valence-corrected chi connectivity index (χ4v) is 2.95. The zero-order valence-corrected chi connectivity index (χ0v) is 15.7. The van der Waals surface area contributed by atoms with E-state index in [4.69, 9.17) is 21.7 Å². The summed E-state index contributed by atoms with van der Waals surface area (Å²) in [6.45, 7) is 2.29. The summed E-state index contributed by atoms with van der Waals surface area (Å²) in [5.41, 5.74) is 1.15. The lowest BCUT2D eigenvalue weighted by molar-refractivity contribution is -0.122. The Bertz CT molecular complexity index is 925.